The molecule has 1 aromatic carbocycles. The number of benzene rings is 1. The SMILES string of the molecule is Cc1cccc(CNCc2ccc(C(C)C)cc2)n1. The Balaban J connectivity index is 1.85. The van der Waals surface area contributed by atoms with E-state index in [0.717, 1.165) is 24.5 Å². The second kappa shape index (κ2) is 6.48. The molecule has 19 heavy (non-hydrogen) atoms. The Morgan fingerprint density at radius 2 is 1.74 bits per heavy atom. The van der Waals surface area contributed by atoms with Gasteiger partial charge in [-0.25, -0.2) is 0 Å². The van der Waals surface area contributed by atoms with Gasteiger partial charge in [-0.2, -0.15) is 0 Å². The molecule has 2 heteroatoms. The summed E-state index contributed by atoms with van der Waals surface area (Å²) in [5.41, 5.74) is 4.88. The number of rotatable bonds is 5. The first kappa shape index (κ1) is 13.8. The molecule has 2 aromatic rings. The number of aryl methyl sites for hydroxylation is 1. The van der Waals surface area contributed by atoms with Gasteiger partial charge in [-0.1, -0.05) is 44.2 Å². The van der Waals surface area contributed by atoms with Crippen molar-refractivity contribution in [1.82, 2.24) is 10.3 Å². The first-order chi connectivity index (χ1) is 9.15. The van der Waals surface area contributed by atoms with Gasteiger partial charge in [0.2, 0.25) is 0 Å². The molecule has 0 amide bonds. The van der Waals surface area contributed by atoms with E-state index in [-0.39, 0.29) is 0 Å². The molecule has 0 saturated heterocycles. The molecule has 100 valence electrons. The van der Waals surface area contributed by atoms with Gasteiger partial charge >= 0.3 is 0 Å². The van der Waals surface area contributed by atoms with E-state index in [1.54, 1.807) is 0 Å². The maximum atomic E-state index is 4.48. The third-order valence-corrected chi connectivity index (χ3v) is 3.23. The Morgan fingerprint density at radius 1 is 1.00 bits per heavy atom. The van der Waals surface area contributed by atoms with Crippen molar-refractivity contribution in [3.63, 3.8) is 0 Å². The number of nitrogens with one attached hydrogen (secondary N) is 1. The average Bonchev–Trinajstić information content (AvgIpc) is 2.39. The summed E-state index contributed by atoms with van der Waals surface area (Å²) in [4.78, 5) is 4.48. The topological polar surface area (TPSA) is 24.9 Å². The monoisotopic (exact) mass is 254 g/mol. The Bertz CT molecular complexity index is 515. The standard InChI is InChI=1S/C17H22N2/c1-13(2)16-9-7-15(8-10-16)11-18-12-17-6-4-5-14(3)19-17/h4-10,13,18H,11-12H2,1-3H3. The summed E-state index contributed by atoms with van der Waals surface area (Å²) in [6.07, 6.45) is 0. The summed E-state index contributed by atoms with van der Waals surface area (Å²) in [6, 6.07) is 15.0. The summed E-state index contributed by atoms with van der Waals surface area (Å²) in [6.45, 7) is 8.16. The largest absolute Gasteiger partial charge is 0.307 e. The molecule has 0 aliphatic rings. The van der Waals surface area contributed by atoms with Gasteiger partial charge < -0.3 is 5.32 Å². The maximum absolute atomic E-state index is 4.48. The van der Waals surface area contributed by atoms with Gasteiger partial charge in [0.05, 0.1) is 5.69 Å². The van der Waals surface area contributed by atoms with Crippen molar-refractivity contribution in [3.05, 3.63) is 65.0 Å². The average molecular weight is 254 g/mol. The van der Waals surface area contributed by atoms with E-state index >= 15 is 0 Å². The van der Waals surface area contributed by atoms with Crippen LogP contribution < -0.4 is 5.32 Å². The van der Waals surface area contributed by atoms with Crippen LogP contribution in [0, 0.1) is 6.92 Å². The van der Waals surface area contributed by atoms with Gasteiger partial charge in [0.15, 0.2) is 0 Å². The molecule has 0 aliphatic heterocycles. The predicted octanol–water partition coefficient (Wildman–Crippen LogP) is 3.80. The molecule has 0 atom stereocenters. The molecule has 0 unspecified atom stereocenters. The molecule has 1 heterocycles. The summed E-state index contributed by atoms with van der Waals surface area (Å²) < 4.78 is 0. The van der Waals surface area contributed by atoms with Crippen molar-refractivity contribution in [2.45, 2.75) is 39.8 Å². The van der Waals surface area contributed by atoms with Crippen LogP contribution in [0.1, 0.15) is 42.3 Å². The Kier molecular flexibility index (Phi) is 4.69. The fourth-order valence-electron chi connectivity index (χ4n) is 2.05. The fraction of sp³-hybridized carbons (Fsp3) is 0.353. The van der Waals surface area contributed by atoms with Crippen LogP contribution in [0.15, 0.2) is 42.5 Å². The molecule has 0 radical (unpaired) electrons. The molecular weight excluding hydrogens is 232 g/mol. The molecule has 0 bridgehead atoms. The first-order valence-corrected chi connectivity index (χ1v) is 6.87. The predicted molar refractivity (Wildman–Crippen MR) is 80.0 cm³/mol. The van der Waals surface area contributed by atoms with Gasteiger partial charge in [0, 0.05) is 18.8 Å². The lowest BCUT2D eigenvalue weighted by atomic mass is 10.0. The van der Waals surface area contributed by atoms with Crippen LogP contribution in [0.4, 0.5) is 0 Å². The third kappa shape index (κ3) is 4.18. The minimum absolute atomic E-state index is 0.596. The third-order valence-electron chi connectivity index (χ3n) is 3.23. The minimum atomic E-state index is 0.596. The highest BCUT2D eigenvalue weighted by atomic mass is 14.9. The molecule has 1 aromatic heterocycles. The molecule has 0 fully saturated rings. The van der Waals surface area contributed by atoms with Crippen LogP contribution in [0.25, 0.3) is 0 Å². The maximum Gasteiger partial charge on any atom is 0.0544 e. The van der Waals surface area contributed by atoms with E-state index in [4.69, 9.17) is 0 Å². The smallest absolute Gasteiger partial charge is 0.0544 e. The number of aromatic nitrogens is 1. The summed E-state index contributed by atoms with van der Waals surface area (Å²) >= 11 is 0. The van der Waals surface area contributed by atoms with Crippen LogP contribution >= 0.6 is 0 Å². The summed E-state index contributed by atoms with van der Waals surface area (Å²) in [5.74, 6) is 0.596. The van der Waals surface area contributed by atoms with Crippen LogP contribution in [0.3, 0.4) is 0 Å². The van der Waals surface area contributed by atoms with Crippen molar-refractivity contribution < 1.29 is 0 Å². The van der Waals surface area contributed by atoms with Crippen LogP contribution in [0.5, 0.6) is 0 Å². The lowest BCUT2D eigenvalue weighted by Crippen LogP contribution is -2.13. The van der Waals surface area contributed by atoms with Gasteiger partial charge in [-0.3, -0.25) is 4.98 Å². The van der Waals surface area contributed by atoms with E-state index in [2.05, 4.69) is 60.5 Å². The van der Waals surface area contributed by atoms with Crippen molar-refractivity contribution in [2.24, 2.45) is 0 Å². The van der Waals surface area contributed by atoms with E-state index in [1.807, 2.05) is 13.0 Å². The van der Waals surface area contributed by atoms with Crippen molar-refractivity contribution >= 4 is 0 Å². The number of hydrogen-bond donors (Lipinski definition) is 1. The lowest BCUT2D eigenvalue weighted by molar-refractivity contribution is 0.677. The van der Waals surface area contributed by atoms with Crippen molar-refractivity contribution in [2.75, 3.05) is 0 Å². The molecule has 2 nitrogen and oxygen atoms in total. The Labute approximate surface area is 115 Å². The van der Waals surface area contributed by atoms with E-state index in [1.165, 1.54) is 11.1 Å². The summed E-state index contributed by atoms with van der Waals surface area (Å²) in [5, 5.41) is 3.43. The van der Waals surface area contributed by atoms with Crippen molar-refractivity contribution in [1.29, 1.82) is 0 Å². The van der Waals surface area contributed by atoms with Gasteiger partial charge in [0.1, 0.15) is 0 Å². The number of hydrogen-bond acceptors (Lipinski definition) is 2. The van der Waals surface area contributed by atoms with Crippen molar-refractivity contribution in [3.8, 4) is 0 Å². The molecule has 0 saturated carbocycles. The highest BCUT2D eigenvalue weighted by Crippen LogP contribution is 2.14. The van der Waals surface area contributed by atoms with Gasteiger partial charge in [-0.05, 0) is 36.1 Å². The minimum Gasteiger partial charge on any atom is -0.307 e. The highest BCUT2D eigenvalue weighted by molar-refractivity contribution is 5.24. The molecule has 2 rings (SSSR count). The first-order valence-electron chi connectivity index (χ1n) is 6.87. The van der Waals surface area contributed by atoms with Gasteiger partial charge in [-0.15, -0.1) is 0 Å². The second-order valence-electron chi connectivity index (χ2n) is 5.27. The molecule has 1 N–H and O–H groups in total. The van der Waals surface area contributed by atoms with Crippen LogP contribution in [-0.2, 0) is 13.1 Å². The fourth-order valence-corrected chi connectivity index (χ4v) is 2.05. The Morgan fingerprint density at radius 3 is 2.37 bits per heavy atom. The number of nitrogens with zero attached hydrogens (tertiary/aromatic N) is 1. The molecule has 0 spiro atoms. The summed E-state index contributed by atoms with van der Waals surface area (Å²) in [7, 11) is 0. The lowest BCUT2D eigenvalue weighted by Gasteiger charge is -2.08. The quantitative estimate of drug-likeness (QED) is 0.877. The number of pyridine rings is 1. The highest BCUT2D eigenvalue weighted by Gasteiger charge is 1.99. The molecular formula is C17H22N2. The zero-order chi connectivity index (χ0) is 13.7. The van der Waals surface area contributed by atoms with Crippen LogP contribution in [0.2, 0.25) is 0 Å². The second-order valence-corrected chi connectivity index (χ2v) is 5.27. The van der Waals surface area contributed by atoms with E-state index in [9.17, 15) is 0 Å². The van der Waals surface area contributed by atoms with E-state index in [0.29, 0.717) is 5.92 Å². The zero-order valence-electron chi connectivity index (χ0n) is 12.0. The van der Waals surface area contributed by atoms with E-state index < -0.39 is 0 Å². The Hall–Kier alpha value is -1.67. The molecule has 0 aliphatic carbocycles. The van der Waals surface area contributed by atoms with Gasteiger partial charge in [0.25, 0.3) is 0 Å². The zero-order valence-corrected chi connectivity index (χ0v) is 12.0. The normalized spacial score (nSPS) is 10.9. The van der Waals surface area contributed by atoms with Crippen LogP contribution in [-0.4, -0.2) is 4.98 Å².